The minimum absolute atomic E-state index is 0.127. The van der Waals surface area contributed by atoms with Crippen LogP contribution in [0.1, 0.15) is 5.69 Å². The number of aromatic nitrogens is 1. The topological polar surface area (TPSA) is 65.4 Å². The van der Waals surface area contributed by atoms with Crippen molar-refractivity contribution in [2.24, 2.45) is 10.8 Å². The molecule has 0 unspecified atom stereocenters. The molecule has 1 heterocycles. The summed E-state index contributed by atoms with van der Waals surface area (Å²) in [5.74, 6) is 0. The van der Waals surface area contributed by atoms with E-state index in [0.717, 1.165) is 5.69 Å². The molecule has 0 saturated carbocycles. The molecule has 7 heteroatoms. The number of halogens is 1. The Bertz CT molecular complexity index is 293. The molecule has 0 radical (unpaired) electrons. The van der Waals surface area contributed by atoms with Crippen molar-refractivity contribution in [3.05, 3.63) is 35.5 Å². The number of nitrogens with two attached hydrogens (primary N) is 1. The van der Waals surface area contributed by atoms with Gasteiger partial charge in [-0.3, -0.25) is 10.7 Å². The summed E-state index contributed by atoms with van der Waals surface area (Å²) in [4.78, 5) is 3.99. The molecule has 14 heavy (non-hydrogen) atoms. The van der Waals surface area contributed by atoms with Crippen LogP contribution in [0.25, 0.3) is 5.43 Å². The molecule has 1 aromatic heterocycles. The fourth-order valence-corrected chi connectivity index (χ4v) is 0.651. The quantitative estimate of drug-likeness (QED) is 0.258. The van der Waals surface area contributed by atoms with E-state index < -0.39 is 0 Å². The molecule has 4 nitrogen and oxygen atoms in total. The van der Waals surface area contributed by atoms with Crippen molar-refractivity contribution in [1.82, 2.24) is 4.98 Å². The van der Waals surface area contributed by atoms with Crippen LogP contribution < -0.4 is 5.73 Å². The first-order valence-electron chi connectivity index (χ1n) is 3.37. The normalized spacial score (nSPS) is 9.14. The van der Waals surface area contributed by atoms with Gasteiger partial charge in [0.25, 0.3) is 0 Å². The first kappa shape index (κ1) is 13.6. The molecule has 0 atom stereocenters. The number of hydrogen-bond acceptors (Lipinski definition) is 2. The van der Waals surface area contributed by atoms with Crippen LogP contribution in [-0.2, 0) is 31.0 Å². The number of thiol groups is 1. The fraction of sp³-hybridized carbons (Fsp3) is 0. The van der Waals surface area contributed by atoms with Gasteiger partial charge < -0.3 is 10.5 Å². The van der Waals surface area contributed by atoms with Crippen molar-refractivity contribution in [3.63, 3.8) is 0 Å². The molecule has 0 aliphatic carbocycles. The number of rotatable bonds is 2. The Morgan fingerprint density at radius 1 is 1.64 bits per heavy atom. The van der Waals surface area contributed by atoms with Crippen LogP contribution >= 0.6 is 9.42 Å². The summed E-state index contributed by atoms with van der Waals surface area (Å²) in [7, 11) is 4.61. The van der Waals surface area contributed by atoms with E-state index in [1.807, 2.05) is 18.2 Å². The van der Waals surface area contributed by atoms with E-state index in [1.165, 1.54) is 6.21 Å². The van der Waals surface area contributed by atoms with E-state index in [1.54, 1.807) is 25.0 Å². The average molecular weight is 411 g/mol. The van der Waals surface area contributed by atoms with Crippen molar-refractivity contribution in [2.45, 2.75) is 0 Å². The van der Waals surface area contributed by atoms with Gasteiger partial charge in [0.1, 0.15) is 0 Å². The molecule has 2 N–H and O–H groups in total. The van der Waals surface area contributed by atoms with Crippen LogP contribution in [0.4, 0.5) is 0 Å². The van der Waals surface area contributed by atoms with Crippen LogP contribution in [0.2, 0.25) is 0 Å². The Morgan fingerprint density at radius 2 is 2.36 bits per heavy atom. The third-order valence-electron chi connectivity index (χ3n) is 1.04. The van der Waals surface area contributed by atoms with E-state index in [-0.39, 0.29) is 5.11 Å². The number of nitrogens with zero attached hydrogens (tertiary/aromatic N) is 3. The molecule has 0 saturated heterocycles. The summed E-state index contributed by atoms with van der Waals surface area (Å²) in [5.41, 5.74) is 9.38. The second kappa shape index (κ2) is 9.21. The number of pyridine rings is 1. The van der Waals surface area contributed by atoms with Gasteiger partial charge in [0.2, 0.25) is 0 Å². The van der Waals surface area contributed by atoms with Gasteiger partial charge in [0.15, 0.2) is 17.3 Å². The monoisotopic (exact) mass is 410 g/mol. The fourth-order valence-electron chi connectivity index (χ4n) is 0.600. The zero-order valence-corrected chi connectivity index (χ0v) is 10.9. The molecule has 0 fully saturated rings. The summed E-state index contributed by atoms with van der Waals surface area (Å²) in [6, 6.07) is 5.50. The van der Waals surface area contributed by atoms with Crippen LogP contribution in [0.5, 0.6) is 0 Å². The Labute approximate surface area is 103 Å². The Hall–Kier alpha value is -0.352. The van der Waals surface area contributed by atoms with E-state index in [4.69, 9.17) is 5.73 Å². The molecule has 79 valence electrons. The van der Waals surface area contributed by atoms with Crippen molar-refractivity contribution >= 4 is 33.0 Å². The van der Waals surface area contributed by atoms with Crippen LogP contribution in [-0.4, -0.2) is 16.3 Å². The SMILES string of the molecule is NC(=[SH+])[N-]N=Cc1ccccn1.[Cl][Pt]. The molecular weight excluding hydrogens is 403 g/mol. The van der Waals surface area contributed by atoms with Gasteiger partial charge in [-0.15, -0.1) is 0 Å². The second-order valence-corrected chi connectivity index (χ2v) is 2.42. The summed E-state index contributed by atoms with van der Waals surface area (Å²) >= 11 is 5.35. The van der Waals surface area contributed by atoms with Gasteiger partial charge in [-0.1, -0.05) is 6.07 Å². The van der Waals surface area contributed by atoms with Gasteiger partial charge in [-0.2, -0.15) is 0 Å². The predicted octanol–water partition coefficient (Wildman–Crippen LogP) is 0.802. The number of hydrogen-bond donors (Lipinski definition) is 1. The first-order chi connectivity index (χ1) is 6.79. The summed E-state index contributed by atoms with van der Waals surface area (Å²) in [5, 5.41) is 3.77. The van der Waals surface area contributed by atoms with Gasteiger partial charge in [-0.25, -0.2) is 0 Å². The standard InChI is InChI=1S/C7H8N4S.ClH.Pt/c8-7(12)11-10-5-6-3-1-2-4-9-6;;/h1-5H,(H3,8,9,11,12);1H;/q;;+1/p-1. The second-order valence-electron chi connectivity index (χ2n) is 1.96. The molecule has 1 rings (SSSR count). The zero-order valence-electron chi connectivity index (χ0n) is 6.95. The molecule has 0 aliphatic rings. The Morgan fingerprint density at radius 3 is 2.86 bits per heavy atom. The predicted molar refractivity (Wildman–Crippen MR) is 59.0 cm³/mol. The Balaban J connectivity index is 0.000000791. The minimum atomic E-state index is 0.127. The van der Waals surface area contributed by atoms with Crippen LogP contribution in [0.3, 0.4) is 0 Å². The van der Waals surface area contributed by atoms with Crippen LogP contribution in [0.15, 0.2) is 29.5 Å². The van der Waals surface area contributed by atoms with E-state index in [2.05, 4.69) is 37.1 Å². The maximum absolute atomic E-state index is 5.14. The molecule has 0 bridgehead atoms. The Kier molecular flexibility index (Phi) is 8.98. The first-order valence-corrected chi connectivity index (χ1v) is 6.64. The van der Waals surface area contributed by atoms with Crippen molar-refractivity contribution in [3.8, 4) is 0 Å². The summed E-state index contributed by atoms with van der Waals surface area (Å²) < 4.78 is 0. The van der Waals surface area contributed by atoms with E-state index in [0.29, 0.717) is 0 Å². The van der Waals surface area contributed by atoms with Crippen molar-refractivity contribution < 1.29 is 18.8 Å². The van der Waals surface area contributed by atoms with Gasteiger partial charge in [-0.05, 0) is 12.1 Å². The van der Waals surface area contributed by atoms with Crippen molar-refractivity contribution in [1.29, 1.82) is 0 Å². The molecular formula is C7H8ClN4PtS. The molecule has 0 spiro atoms. The van der Waals surface area contributed by atoms with Crippen LogP contribution in [0, 0.1) is 0 Å². The van der Waals surface area contributed by atoms with E-state index in [9.17, 15) is 0 Å². The van der Waals surface area contributed by atoms with Crippen molar-refractivity contribution in [2.75, 3.05) is 0 Å². The summed E-state index contributed by atoms with van der Waals surface area (Å²) in [6.07, 6.45) is 3.18. The molecule has 0 aliphatic heterocycles. The molecule has 0 aromatic carbocycles. The average Bonchev–Trinajstić information content (AvgIpc) is 2.22. The molecule has 1 aromatic rings. The van der Waals surface area contributed by atoms with E-state index >= 15 is 0 Å². The van der Waals surface area contributed by atoms with Gasteiger partial charge >= 0.3 is 28.2 Å². The third-order valence-corrected chi connectivity index (χ3v) is 1.13. The summed E-state index contributed by atoms with van der Waals surface area (Å²) in [6.45, 7) is 0. The zero-order chi connectivity index (χ0) is 10.8. The van der Waals surface area contributed by atoms with Gasteiger partial charge in [0, 0.05) is 12.4 Å². The molecule has 0 amide bonds. The maximum atomic E-state index is 5.14. The third kappa shape index (κ3) is 7.09. The van der Waals surface area contributed by atoms with Gasteiger partial charge in [0.05, 0.1) is 5.69 Å².